The second-order valence-corrected chi connectivity index (χ2v) is 4.26. The van der Waals surface area contributed by atoms with Gasteiger partial charge >= 0.3 is 0 Å². The summed E-state index contributed by atoms with van der Waals surface area (Å²) in [5.41, 5.74) is 2.20. The second-order valence-electron chi connectivity index (χ2n) is 4.26. The molecule has 0 aromatic heterocycles. The van der Waals surface area contributed by atoms with Gasteiger partial charge < -0.3 is 5.32 Å². The molecule has 1 aromatic rings. The lowest BCUT2D eigenvalue weighted by Crippen LogP contribution is -2.39. The van der Waals surface area contributed by atoms with Crippen LogP contribution in [0.3, 0.4) is 0 Å². The lowest BCUT2D eigenvalue weighted by Gasteiger charge is -2.32. The van der Waals surface area contributed by atoms with Crippen molar-refractivity contribution in [3.63, 3.8) is 0 Å². The zero-order valence-corrected chi connectivity index (χ0v) is 10.3. The first-order valence-corrected chi connectivity index (χ1v) is 5.47. The normalized spacial score (nSPS) is 18.2. The van der Waals surface area contributed by atoms with Gasteiger partial charge in [0.1, 0.15) is 0 Å². The highest BCUT2D eigenvalue weighted by molar-refractivity contribution is 5.85. The standard InChI is InChI=1S/C13H16N2.ClH/c1-11-4-2-3-5-12(11)13(10-14)6-8-15-9-7-13;/h2-5,15H,6-9H2,1H3;1H. The molecule has 0 amide bonds. The van der Waals surface area contributed by atoms with Crippen LogP contribution in [-0.2, 0) is 5.41 Å². The van der Waals surface area contributed by atoms with Crippen molar-refractivity contribution in [2.75, 3.05) is 13.1 Å². The van der Waals surface area contributed by atoms with Crippen LogP contribution in [0.5, 0.6) is 0 Å². The number of nitrogens with one attached hydrogen (secondary N) is 1. The van der Waals surface area contributed by atoms with E-state index >= 15 is 0 Å². The number of piperidine rings is 1. The fourth-order valence-corrected chi connectivity index (χ4v) is 2.40. The molecular formula is C13H17ClN2. The molecule has 2 nitrogen and oxygen atoms in total. The molecule has 1 aliphatic heterocycles. The first-order valence-electron chi connectivity index (χ1n) is 5.47. The average Bonchev–Trinajstić information content (AvgIpc) is 2.30. The van der Waals surface area contributed by atoms with Crippen LogP contribution >= 0.6 is 12.4 Å². The quantitative estimate of drug-likeness (QED) is 0.814. The van der Waals surface area contributed by atoms with Crippen molar-refractivity contribution in [3.8, 4) is 6.07 Å². The zero-order valence-electron chi connectivity index (χ0n) is 9.49. The van der Waals surface area contributed by atoms with Gasteiger partial charge in [-0.15, -0.1) is 12.4 Å². The van der Waals surface area contributed by atoms with Crippen LogP contribution in [0.15, 0.2) is 24.3 Å². The fourth-order valence-electron chi connectivity index (χ4n) is 2.40. The molecule has 0 atom stereocenters. The van der Waals surface area contributed by atoms with E-state index in [1.165, 1.54) is 11.1 Å². The van der Waals surface area contributed by atoms with Crippen molar-refractivity contribution < 1.29 is 0 Å². The summed E-state index contributed by atoms with van der Waals surface area (Å²) in [6, 6.07) is 10.8. The van der Waals surface area contributed by atoms with Crippen LogP contribution < -0.4 is 5.32 Å². The topological polar surface area (TPSA) is 35.8 Å². The van der Waals surface area contributed by atoms with Gasteiger partial charge in [0.15, 0.2) is 0 Å². The second kappa shape index (κ2) is 5.34. The van der Waals surface area contributed by atoms with Crippen molar-refractivity contribution in [1.82, 2.24) is 5.32 Å². The molecule has 1 saturated heterocycles. The van der Waals surface area contributed by atoms with E-state index in [0.717, 1.165) is 25.9 Å². The molecule has 86 valence electrons. The summed E-state index contributed by atoms with van der Waals surface area (Å²) in [7, 11) is 0. The van der Waals surface area contributed by atoms with Crippen molar-refractivity contribution >= 4 is 12.4 Å². The minimum Gasteiger partial charge on any atom is -0.317 e. The van der Waals surface area contributed by atoms with Crippen LogP contribution in [0.25, 0.3) is 0 Å². The van der Waals surface area contributed by atoms with Gasteiger partial charge in [0.05, 0.1) is 11.5 Å². The summed E-state index contributed by atoms with van der Waals surface area (Å²) < 4.78 is 0. The van der Waals surface area contributed by atoms with E-state index in [2.05, 4.69) is 30.4 Å². The Labute approximate surface area is 103 Å². The number of hydrogen-bond donors (Lipinski definition) is 1. The maximum atomic E-state index is 9.44. The van der Waals surface area contributed by atoms with E-state index in [9.17, 15) is 5.26 Å². The van der Waals surface area contributed by atoms with Crippen LogP contribution in [0.1, 0.15) is 24.0 Å². The Morgan fingerprint density at radius 1 is 1.25 bits per heavy atom. The van der Waals surface area contributed by atoms with E-state index < -0.39 is 0 Å². The number of halogens is 1. The number of benzene rings is 1. The van der Waals surface area contributed by atoms with Crippen molar-refractivity contribution in [3.05, 3.63) is 35.4 Å². The van der Waals surface area contributed by atoms with Gasteiger partial charge in [0, 0.05) is 0 Å². The number of nitrogens with zero attached hydrogens (tertiary/aromatic N) is 1. The van der Waals surface area contributed by atoms with E-state index in [1.54, 1.807) is 0 Å². The Morgan fingerprint density at radius 2 is 1.88 bits per heavy atom. The first-order chi connectivity index (χ1) is 7.28. The Morgan fingerprint density at radius 3 is 2.44 bits per heavy atom. The van der Waals surface area contributed by atoms with Gasteiger partial charge in [-0.1, -0.05) is 24.3 Å². The molecule has 1 aliphatic rings. The van der Waals surface area contributed by atoms with E-state index in [4.69, 9.17) is 0 Å². The van der Waals surface area contributed by atoms with Crippen molar-refractivity contribution in [2.24, 2.45) is 0 Å². The van der Waals surface area contributed by atoms with Gasteiger partial charge in [-0.2, -0.15) is 5.26 Å². The summed E-state index contributed by atoms with van der Waals surface area (Å²) in [6.45, 7) is 3.99. The van der Waals surface area contributed by atoms with Gasteiger partial charge in [-0.05, 0) is 44.0 Å². The molecule has 0 saturated carbocycles. The fraction of sp³-hybridized carbons (Fsp3) is 0.462. The smallest absolute Gasteiger partial charge is 0.0849 e. The largest absolute Gasteiger partial charge is 0.317 e. The van der Waals surface area contributed by atoms with Crippen molar-refractivity contribution in [2.45, 2.75) is 25.2 Å². The van der Waals surface area contributed by atoms with Crippen molar-refractivity contribution in [1.29, 1.82) is 5.26 Å². The predicted molar refractivity (Wildman–Crippen MR) is 67.8 cm³/mol. The molecule has 0 spiro atoms. The summed E-state index contributed by atoms with van der Waals surface area (Å²) in [6.07, 6.45) is 1.85. The SMILES string of the molecule is Cc1ccccc1C1(C#N)CCNCC1.Cl. The summed E-state index contributed by atoms with van der Waals surface area (Å²) in [5.74, 6) is 0. The third kappa shape index (κ3) is 2.21. The summed E-state index contributed by atoms with van der Waals surface area (Å²) in [4.78, 5) is 0. The molecule has 3 heteroatoms. The molecule has 16 heavy (non-hydrogen) atoms. The molecular weight excluding hydrogens is 220 g/mol. The Bertz CT molecular complexity index is 389. The monoisotopic (exact) mass is 236 g/mol. The molecule has 1 aromatic carbocycles. The minimum atomic E-state index is -0.253. The van der Waals surface area contributed by atoms with E-state index in [1.807, 2.05) is 12.1 Å². The minimum absolute atomic E-state index is 0. The Kier molecular flexibility index (Phi) is 4.35. The van der Waals surface area contributed by atoms with Crippen LogP contribution in [-0.4, -0.2) is 13.1 Å². The molecule has 0 bridgehead atoms. The van der Waals surface area contributed by atoms with Gasteiger partial charge in [0.2, 0.25) is 0 Å². The van der Waals surface area contributed by atoms with Crippen LogP contribution in [0.4, 0.5) is 0 Å². The molecule has 1 fully saturated rings. The van der Waals surface area contributed by atoms with Crippen LogP contribution in [0.2, 0.25) is 0 Å². The van der Waals surface area contributed by atoms with E-state index in [-0.39, 0.29) is 17.8 Å². The highest BCUT2D eigenvalue weighted by Crippen LogP contribution is 2.34. The summed E-state index contributed by atoms with van der Waals surface area (Å²) in [5, 5.41) is 12.8. The number of aryl methyl sites for hydroxylation is 1. The average molecular weight is 237 g/mol. The lowest BCUT2D eigenvalue weighted by atomic mass is 9.73. The summed E-state index contributed by atoms with van der Waals surface area (Å²) >= 11 is 0. The van der Waals surface area contributed by atoms with E-state index in [0.29, 0.717) is 0 Å². The zero-order chi connectivity index (χ0) is 10.7. The number of hydrogen-bond acceptors (Lipinski definition) is 2. The molecule has 1 heterocycles. The Hall–Kier alpha value is -1.04. The highest BCUT2D eigenvalue weighted by Gasteiger charge is 2.34. The van der Waals surface area contributed by atoms with Crippen LogP contribution in [0, 0.1) is 18.3 Å². The Balaban J connectivity index is 0.00000128. The third-order valence-electron chi connectivity index (χ3n) is 3.33. The number of rotatable bonds is 1. The predicted octanol–water partition coefficient (Wildman–Crippen LogP) is 2.56. The molecule has 0 aliphatic carbocycles. The first kappa shape index (κ1) is 13.0. The highest BCUT2D eigenvalue weighted by atomic mass is 35.5. The lowest BCUT2D eigenvalue weighted by molar-refractivity contribution is 0.381. The third-order valence-corrected chi connectivity index (χ3v) is 3.33. The molecule has 2 rings (SSSR count). The maximum Gasteiger partial charge on any atom is 0.0849 e. The van der Waals surface area contributed by atoms with Gasteiger partial charge in [0.25, 0.3) is 0 Å². The molecule has 0 radical (unpaired) electrons. The number of nitriles is 1. The molecule has 0 unspecified atom stereocenters. The van der Waals surface area contributed by atoms with Gasteiger partial charge in [-0.25, -0.2) is 0 Å². The molecule has 1 N–H and O–H groups in total. The van der Waals surface area contributed by atoms with Gasteiger partial charge in [-0.3, -0.25) is 0 Å². The maximum absolute atomic E-state index is 9.44.